The second-order valence-corrected chi connectivity index (χ2v) is 7.12. The molecule has 0 radical (unpaired) electrons. The van der Waals surface area contributed by atoms with Crippen molar-refractivity contribution in [3.05, 3.63) is 59.4 Å². The van der Waals surface area contributed by atoms with Crippen molar-refractivity contribution in [3.8, 4) is 5.75 Å². The van der Waals surface area contributed by atoms with E-state index < -0.39 is 17.3 Å². The molecule has 2 rings (SSSR count). The van der Waals surface area contributed by atoms with Gasteiger partial charge >= 0.3 is 6.09 Å². The number of rotatable bonds is 6. The SMILES string of the molecule is COC(Oc1cccc(COC(N)=O)c1)(c1ccc(C)nc1)C(C)(C)C. The van der Waals surface area contributed by atoms with E-state index in [0.29, 0.717) is 5.75 Å². The molecule has 0 aliphatic carbocycles. The molecule has 0 aliphatic heterocycles. The summed E-state index contributed by atoms with van der Waals surface area (Å²) < 4.78 is 17.1. The number of carbonyl (C=O) groups excluding carboxylic acids is 1. The van der Waals surface area contributed by atoms with Gasteiger partial charge in [0.2, 0.25) is 5.79 Å². The van der Waals surface area contributed by atoms with E-state index in [-0.39, 0.29) is 6.61 Å². The van der Waals surface area contributed by atoms with E-state index in [1.54, 1.807) is 19.4 Å². The van der Waals surface area contributed by atoms with Crippen LogP contribution in [0.15, 0.2) is 42.6 Å². The van der Waals surface area contributed by atoms with E-state index in [1.807, 2.05) is 58.0 Å². The molecular weight excluding hydrogens is 332 g/mol. The summed E-state index contributed by atoms with van der Waals surface area (Å²) >= 11 is 0. The van der Waals surface area contributed by atoms with E-state index in [2.05, 4.69) is 4.98 Å². The minimum atomic E-state index is -1.04. The maximum atomic E-state index is 10.8. The van der Waals surface area contributed by atoms with Crippen molar-refractivity contribution < 1.29 is 19.0 Å². The van der Waals surface area contributed by atoms with Gasteiger partial charge in [0.05, 0.1) is 0 Å². The maximum Gasteiger partial charge on any atom is 0.404 e. The Hall–Kier alpha value is -2.60. The molecule has 1 unspecified atom stereocenters. The highest BCUT2D eigenvalue weighted by atomic mass is 16.7. The van der Waals surface area contributed by atoms with Gasteiger partial charge in [-0.15, -0.1) is 0 Å². The molecule has 0 saturated carbocycles. The zero-order valence-corrected chi connectivity index (χ0v) is 15.9. The number of primary amides is 1. The molecule has 1 aromatic heterocycles. The Labute approximate surface area is 154 Å². The molecule has 2 N–H and O–H groups in total. The maximum absolute atomic E-state index is 10.8. The molecular formula is C20H26N2O4. The van der Waals surface area contributed by atoms with Gasteiger partial charge in [0.15, 0.2) is 0 Å². The fourth-order valence-corrected chi connectivity index (χ4v) is 2.79. The third-order valence-corrected chi connectivity index (χ3v) is 4.11. The molecule has 0 aliphatic rings. The van der Waals surface area contributed by atoms with Crippen LogP contribution in [0.1, 0.15) is 37.6 Å². The van der Waals surface area contributed by atoms with Crippen molar-refractivity contribution >= 4 is 6.09 Å². The lowest BCUT2D eigenvalue weighted by atomic mass is 9.81. The van der Waals surface area contributed by atoms with Gasteiger partial charge < -0.3 is 19.9 Å². The zero-order valence-electron chi connectivity index (χ0n) is 15.9. The van der Waals surface area contributed by atoms with Crippen LogP contribution in [-0.4, -0.2) is 18.2 Å². The number of nitrogens with two attached hydrogens (primary N) is 1. The molecule has 6 nitrogen and oxygen atoms in total. The average Bonchev–Trinajstić information content (AvgIpc) is 2.58. The standard InChI is InChI=1S/C20H26N2O4/c1-14-9-10-16(12-22-14)20(24-5,19(2,3)4)26-17-8-6-7-15(11-17)13-25-18(21)23/h6-12H,13H2,1-5H3,(H2,21,23). The number of methoxy groups -OCH3 is 1. The second-order valence-electron chi connectivity index (χ2n) is 7.12. The van der Waals surface area contributed by atoms with E-state index >= 15 is 0 Å². The molecule has 6 heteroatoms. The van der Waals surface area contributed by atoms with Crippen LogP contribution in [-0.2, 0) is 21.9 Å². The summed E-state index contributed by atoms with van der Waals surface area (Å²) in [7, 11) is 1.62. The molecule has 0 fully saturated rings. The summed E-state index contributed by atoms with van der Waals surface area (Å²) in [6.45, 7) is 8.12. The first-order chi connectivity index (χ1) is 12.2. The molecule has 2 aromatic rings. The van der Waals surface area contributed by atoms with Gasteiger partial charge in [-0.25, -0.2) is 4.79 Å². The highest BCUT2D eigenvalue weighted by Crippen LogP contribution is 2.43. The fraction of sp³-hybridized carbons (Fsp3) is 0.400. The van der Waals surface area contributed by atoms with Crippen molar-refractivity contribution in [2.24, 2.45) is 11.1 Å². The fourth-order valence-electron chi connectivity index (χ4n) is 2.79. The third-order valence-electron chi connectivity index (χ3n) is 4.11. The minimum absolute atomic E-state index is 0.0775. The molecule has 26 heavy (non-hydrogen) atoms. The van der Waals surface area contributed by atoms with Crippen molar-refractivity contribution in [1.29, 1.82) is 0 Å². The topological polar surface area (TPSA) is 83.7 Å². The predicted octanol–water partition coefficient (Wildman–Crippen LogP) is 3.91. The summed E-state index contributed by atoms with van der Waals surface area (Å²) in [5, 5.41) is 0. The van der Waals surface area contributed by atoms with Crippen LogP contribution in [0.25, 0.3) is 0 Å². The van der Waals surface area contributed by atoms with Gasteiger partial charge in [0, 0.05) is 30.0 Å². The lowest BCUT2D eigenvalue weighted by Crippen LogP contribution is -2.47. The minimum Gasteiger partial charge on any atom is -0.457 e. The summed E-state index contributed by atoms with van der Waals surface area (Å²) in [5.41, 5.74) is 7.13. The predicted molar refractivity (Wildman–Crippen MR) is 98.6 cm³/mol. The number of aromatic nitrogens is 1. The van der Waals surface area contributed by atoms with Gasteiger partial charge in [-0.05, 0) is 36.8 Å². The van der Waals surface area contributed by atoms with Crippen LogP contribution in [0, 0.1) is 12.3 Å². The number of benzene rings is 1. The Kier molecular flexibility index (Phi) is 5.87. The normalized spacial score (nSPS) is 13.7. The van der Waals surface area contributed by atoms with Gasteiger partial charge in [-0.2, -0.15) is 0 Å². The highest BCUT2D eigenvalue weighted by Gasteiger charge is 2.47. The Morgan fingerprint density at radius 1 is 1.19 bits per heavy atom. The summed E-state index contributed by atoms with van der Waals surface area (Å²) in [4.78, 5) is 15.2. The van der Waals surface area contributed by atoms with Crippen LogP contribution in [0.5, 0.6) is 5.75 Å². The largest absolute Gasteiger partial charge is 0.457 e. The smallest absolute Gasteiger partial charge is 0.404 e. The molecule has 1 aromatic carbocycles. The van der Waals surface area contributed by atoms with Gasteiger partial charge in [0.1, 0.15) is 12.4 Å². The van der Waals surface area contributed by atoms with Gasteiger partial charge in [0.25, 0.3) is 0 Å². The van der Waals surface area contributed by atoms with E-state index in [9.17, 15) is 4.79 Å². The third kappa shape index (κ3) is 4.32. The lowest BCUT2D eigenvalue weighted by molar-refractivity contribution is -0.237. The number of hydrogen-bond acceptors (Lipinski definition) is 5. The first-order valence-corrected chi connectivity index (χ1v) is 8.36. The number of pyridine rings is 1. The number of hydrogen-bond donors (Lipinski definition) is 1. The first-order valence-electron chi connectivity index (χ1n) is 8.36. The number of nitrogens with zero attached hydrogens (tertiary/aromatic N) is 1. The molecule has 140 valence electrons. The number of carbonyl (C=O) groups is 1. The van der Waals surface area contributed by atoms with Crippen molar-refractivity contribution in [1.82, 2.24) is 4.98 Å². The Morgan fingerprint density at radius 3 is 2.46 bits per heavy atom. The quantitative estimate of drug-likeness (QED) is 0.792. The average molecular weight is 358 g/mol. The summed E-state index contributed by atoms with van der Waals surface area (Å²) in [5.74, 6) is -0.454. The molecule has 0 bridgehead atoms. The van der Waals surface area contributed by atoms with E-state index in [4.69, 9.17) is 19.9 Å². The monoisotopic (exact) mass is 358 g/mol. The van der Waals surface area contributed by atoms with Crippen LogP contribution < -0.4 is 10.5 Å². The van der Waals surface area contributed by atoms with Crippen molar-refractivity contribution in [2.75, 3.05) is 7.11 Å². The van der Waals surface area contributed by atoms with Gasteiger partial charge in [-0.3, -0.25) is 4.98 Å². The Bertz CT molecular complexity index is 753. The molecule has 0 saturated heterocycles. The van der Waals surface area contributed by atoms with Crippen LogP contribution in [0.3, 0.4) is 0 Å². The van der Waals surface area contributed by atoms with E-state index in [0.717, 1.165) is 16.8 Å². The number of ether oxygens (including phenoxy) is 3. The first kappa shape index (κ1) is 19.7. The summed E-state index contributed by atoms with van der Waals surface area (Å²) in [6.07, 6.45) is 0.951. The van der Waals surface area contributed by atoms with Crippen LogP contribution in [0.2, 0.25) is 0 Å². The van der Waals surface area contributed by atoms with Crippen LogP contribution in [0.4, 0.5) is 4.79 Å². The number of aryl methyl sites for hydroxylation is 1. The van der Waals surface area contributed by atoms with Crippen molar-refractivity contribution in [3.63, 3.8) is 0 Å². The summed E-state index contributed by atoms with van der Waals surface area (Å²) in [6, 6.07) is 11.2. The Morgan fingerprint density at radius 2 is 1.92 bits per heavy atom. The van der Waals surface area contributed by atoms with E-state index in [1.165, 1.54) is 0 Å². The molecule has 0 spiro atoms. The zero-order chi connectivity index (χ0) is 19.4. The lowest BCUT2D eigenvalue weighted by Gasteiger charge is -2.43. The Balaban J connectivity index is 2.40. The van der Waals surface area contributed by atoms with Crippen LogP contribution >= 0.6 is 0 Å². The van der Waals surface area contributed by atoms with Crippen molar-refractivity contribution in [2.45, 2.75) is 40.1 Å². The molecule has 1 atom stereocenters. The molecule has 1 amide bonds. The highest BCUT2D eigenvalue weighted by molar-refractivity contribution is 5.64. The molecule has 1 heterocycles. The number of amides is 1. The van der Waals surface area contributed by atoms with Gasteiger partial charge in [-0.1, -0.05) is 32.9 Å². The second kappa shape index (κ2) is 7.74.